The standard InChI is InChI=1S/C20H17NO7/c1-26-16-8-7-12(9-17(16)27-2)15(22)11-28-18(23)10-21-19(24)13-5-3-4-6-14(13)20(21)25/h3-9H,10-11H2,1-2H3. The molecule has 0 fully saturated rings. The second kappa shape index (κ2) is 7.91. The molecule has 0 unspecified atom stereocenters. The molecule has 0 aromatic heterocycles. The number of amides is 2. The molecule has 0 atom stereocenters. The summed E-state index contributed by atoms with van der Waals surface area (Å²) in [7, 11) is 2.91. The molecule has 8 nitrogen and oxygen atoms in total. The molecule has 2 amide bonds. The second-order valence-corrected chi connectivity index (χ2v) is 5.90. The Balaban J connectivity index is 1.60. The lowest BCUT2D eigenvalue weighted by atomic mass is 10.1. The minimum Gasteiger partial charge on any atom is -0.493 e. The zero-order chi connectivity index (χ0) is 20.3. The molecule has 0 radical (unpaired) electrons. The fourth-order valence-corrected chi connectivity index (χ4v) is 2.80. The molecule has 0 bridgehead atoms. The number of methoxy groups -OCH3 is 2. The third kappa shape index (κ3) is 3.57. The van der Waals surface area contributed by atoms with Crippen LogP contribution in [-0.2, 0) is 9.53 Å². The molecular formula is C20H17NO7. The van der Waals surface area contributed by atoms with Crippen molar-refractivity contribution in [3.8, 4) is 11.5 Å². The Labute approximate surface area is 160 Å². The highest BCUT2D eigenvalue weighted by atomic mass is 16.5. The summed E-state index contributed by atoms with van der Waals surface area (Å²) in [5, 5.41) is 0. The van der Waals surface area contributed by atoms with Gasteiger partial charge in [-0.2, -0.15) is 0 Å². The predicted molar refractivity (Wildman–Crippen MR) is 96.6 cm³/mol. The number of nitrogens with zero attached hydrogens (tertiary/aromatic N) is 1. The molecular weight excluding hydrogens is 366 g/mol. The maximum Gasteiger partial charge on any atom is 0.326 e. The second-order valence-electron chi connectivity index (χ2n) is 5.90. The van der Waals surface area contributed by atoms with Crippen LogP contribution < -0.4 is 9.47 Å². The van der Waals surface area contributed by atoms with Crippen molar-refractivity contribution in [3.63, 3.8) is 0 Å². The number of fused-ring (bicyclic) bond motifs is 1. The van der Waals surface area contributed by atoms with E-state index in [1.807, 2.05) is 0 Å². The highest BCUT2D eigenvalue weighted by Crippen LogP contribution is 2.27. The molecule has 8 heteroatoms. The summed E-state index contributed by atoms with van der Waals surface area (Å²) in [6.07, 6.45) is 0. The molecule has 0 N–H and O–H groups in total. The number of hydrogen-bond acceptors (Lipinski definition) is 7. The minimum atomic E-state index is -0.858. The Morgan fingerprint density at radius 3 is 2.07 bits per heavy atom. The van der Waals surface area contributed by atoms with Gasteiger partial charge in [0.2, 0.25) is 0 Å². The summed E-state index contributed by atoms with van der Waals surface area (Å²) in [4.78, 5) is 49.6. The van der Waals surface area contributed by atoms with Crippen LogP contribution in [0, 0.1) is 0 Å². The van der Waals surface area contributed by atoms with Crippen molar-refractivity contribution in [2.45, 2.75) is 0 Å². The van der Waals surface area contributed by atoms with Crippen molar-refractivity contribution < 1.29 is 33.4 Å². The van der Waals surface area contributed by atoms with Gasteiger partial charge in [0, 0.05) is 5.56 Å². The van der Waals surface area contributed by atoms with Crippen LogP contribution in [0.3, 0.4) is 0 Å². The fraction of sp³-hybridized carbons (Fsp3) is 0.200. The van der Waals surface area contributed by atoms with Gasteiger partial charge in [-0.05, 0) is 30.3 Å². The first kappa shape index (κ1) is 19.1. The van der Waals surface area contributed by atoms with Crippen LogP contribution in [0.4, 0.5) is 0 Å². The minimum absolute atomic E-state index is 0.238. The molecule has 1 aliphatic heterocycles. The van der Waals surface area contributed by atoms with Crippen molar-refractivity contribution in [1.82, 2.24) is 4.90 Å². The molecule has 144 valence electrons. The van der Waals surface area contributed by atoms with Gasteiger partial charge in [0.05, 0.1) is 25.3 Å². The van der Waals surface area contributed by atoms with Crippen molar-refractivity contribution in [2.24, 2.45) is 0 Å². The van der Waals surface area contributed by atoms with Crippen LogP contribution in [0.5, 0.6) is 11.5 Å². The van der Waals surface area contributed by atoms with E-state index < -0.39 is 36.7 Å². The van der Waals surface area contributed by atoms with Gasteiger partial charge in [0.1, 0.15) is 6.54 Å². The summed E-state index contributed by atoms with van der Waals surface area (Å²) in [5.41, 5.74) is 0.745. The number of hydrogen-bond donors (Lipinski definition) is 0. The fourth-order valence-electron chi connectivity index (χ4n) is 2.80. The number of Topliss-reactive ketones (excluding diaryl/α,β-unsaturated/α-hetero) is 1. The van der Waals surface area contributed by atoms with E-state index in [1.54, 1.807) is 18.2 Å². The topological polar surface area (TPSA) is 99.2 Å². The Morgan fingerprint density at radius 2 is 1.50 bits per heavy atom. The van der Waals surface area contributed by atoms with Crippen LogP contribution in [0.1, 0.15) is 31.1 Å². The predicted octanol–water partition coefficient (Wildman–Crippen LogP) is 1.73. The van der Waals surface area contributed by atoms with Gasteiger partial charge in [-0.1, -0.05) is 12.1 Å². The number of carbonyl (C=O) groups is 4. The summed E-state index contributed by atoms with van der Waals surface area (Å²) < 4.78 is 15.2. The third-order valence-corrected chi connectivity index (χ3v) is 4.24. The average Bonchev–Trinajstić information content (AvgIpc) is 2.96. The molecule has 0 spiro atoms. The SMILES string of the molecule is COc1ccc(C(=O)COC(=O)CN2C(=O)c3ccccc3C2=O)cc1OC. The molecule has 2 aromatic carbocycles. The van der Waals surface area contributed by atoms with E-state index in [0.29, 0.717) is 11.5 Å². The number of carbonyl (C=O) groups excluding carboxylic acids is 4. The van der Waals surface area contributed by atoms with E-state index in [9.17, 15) is 19.2 Å². The Hall–Kier alpha value is -3.68. The normalized spacial score (nSPS) is 12.6. The summed E-state index contributed by atoms with van der Waals surface area (Å²) in [6.45, 7) is -1.09. The monoisotopic (exact) mass is 383 g/mol. The van der Waals surface area contributed by atoms with Gasteiger partial charge < -0.3 is 14.2 Å². The Bertz CT molecular complexity index is 932. The lowest BCUT2D eigenvalue weighted by molar-refractivity contribution is -0.142. The zero-order valence-corrected chi connectivity index (χ0v) is 15.3. The van der Waals surface area contributed by atoms with Crippen LogP contribution >= 0.6 is 0 Å². The molecule has 0 aliphatic carbocycles. The highest BCUT2D eigenvalue weighted by Gasteiger charge is 2.36. The maximum atomic E-state index is 12.2. The molecule has 3 rings (SSSR count). The molecule has 2 aromatic rings. The van der Waals surface area contributed by atoms with Crippen molar-refractivity contribution >= 4 is 23.6 Å². The number of esters is 1. The quantitative estimate of drug-likeness (QED) is 0.408. The number of rotatable bonds is 7. The first-order valence-electron chi connectivity index (χ1n) is 8.32. The van der Waals surface area contributed by atoms with Crippen LogP contribution in [-0.4, -0.2) is 55.8 Å². The van der Waals surface area contributed by atoms with Crippen LogP contribution in [0.2, 0.25) is 0 Å². The highest BCUT2D eigenvalue weighted by molar-refractivity contribution is 6.22. The average molecular weight is 383 g/mol. The lowest BCUT2D eigenvalue weighted by Crippen LogP contribution is -2.36. The van der Waals surface area contributed by atoms with Crippen molar-refractivity contribution in [1.29, 1.82) is 0 Å². The maximum absolute atomic E-state index is 12.2. The van der Waals surface area contributed by atoms with E-state index >= 15 is 0 Å². The molecule has 1 heterocycles. The van der Waals surface area contributed by atoms with Gasteiger partial charge in [-0.15, -0.1) is 0 Å². The zero-order valence-electron chi connectivity index (χ0n) is 15.3. The smallest absolute Gasteiger partial charge is 0.326 e. The number of benzene rings is 2. The first-order chi connectivity index (χ1) is 13.5. The molecule has 1 aliphatic rings. The summed E-state index contributed by atoms with van der Waals surface area (Å²) in [6, 6.07) is 10.8. The van der Waals surface area contributed by atoms with E-state index in [1.165, 1.54) is 38.5 Å². The molecule has 28 heavy (non-hydrogen) atoms. The summed E-state index contributed by atoms with van der Waals surface area (Å²) in [5.74, 6) is -1.63. The van der Waals surface area contributed by atoms with Gasteiger partial charge in [0.25, 0.3) is 11.8 Å². The van der Waals surface area contributed by atoms with E-state index in [-0.39, 0.29) is 16.7 Å². The third-order valence-electron chi connectivity index (χ3n) is 4.24. The molecule has 0 saturated carbocycles. The van der Waals surface area contributed by atoms with Gasteiger partial charge >= 0.3 is 5.97 Å². The van der Waals surface area contributed by atoms with Crippen LogP contribution in [0.25, 0.3) is 0 Å². The van der Waals surface area contributed by atoms with E-state index in [4.69, 9.17) is 14.2 Å². The number of imide groups is 1. The number of ether oxygens (including phenoxy) is 3. The lowest BCUT2D eigenvalue weighted by Gasteiger charge is -2.13. The van der Waals surface area contributed by atoms with E-state index in [0.717, 1.165) is 4.90 Å². The van der Waals surface area contributed by atoms with Gasteiger partial charge in [-0.25, -0.2) is 0 Å². The van der Waals surface area contributed by atoms with Gasteiger partial charge in [0.15, 0.2) is 23.9 Å². The summed E-state index contributed by atoms with van der Waals surface area (Å²) >= 11 is 0. The largest absolute Gasteiger partial charge is 0.493 e. The van der Waals surface area contributed by atoms with Gasteiger partial charge in [-0.3, -0.25) is 24.1 Å². The van der Waals surface area contributed by atoms with Crippen molar-refractivity contribution in [2.75, 3.05) is 27.4 Å². The van der Waals surface area contributed by atoms with E-state index in [2.05, 4.69) is 0 Å². The Kier molecular flexibility index (Phi) is 5.39. The molecule has 0 saturated heterocycles. The van der Waals surface area contributed by atoms with Crippen LogP contribution in [0.15, 0.2) is 42.5 Å². The number of ketones is 1. The Morgan fingerprint density at radius 1 is 0.893 bits per heavy atom. The first-order valence-corrected chi connectivity index (χ1v) is 8.32. The van der Waals surface area contributed by atoms with Crippen molar-refractivity contribution in [3.05, 3.63) is 59.2 Å².